The van der Waals surface area contributed by atoms with Crippen LogP contribution in [-0.2, 0) is 26.1 Å². The summed E-state index contributed by atoms with van der Waals surface area (Å²) in [6, 6.07) is 7.46. The maximum absolute atomic E-state index is 12.3. The Morgan fingerprint density at radius 3 is 2.82 bits per heavy atom. The summed E-state index contributed by atoms with van der Waals surface area (Å²) >= 11 is 0. The van der Waals surface area contributed by atoms with Crippen molar-refractivity contribution in [2.24, 2.45) is 5.73 Å². The van der Waals surface area contributed by atoms with Gasteiger partial charge in [0.2, 0.25) is 5.91 Å². The van der Waals surface area contributed by atoms with Crippen molar-refractivity contribution >= 4 is 22.4 Å². The second-order valence-electron chi connectivity index (χ2n) is 5.80. The molecule has 2 rings (SSSR count). The van der Waals surface area contributed by atoms with E-state index in [1.54, 1.807) is 7.11 Å². The summed E-state index contributed by atoms with van der Waals surface area (Å²) in [5, 5.41) is 2.89. The molecule has 6 heteroatoms. The average molecular weight is 324 g/mol. The van der Waals surface area contributed by atoms with E-state index in [4.69, 9.17) is 10.5 Å². The molecular weight excluding hydrogens is 300 g/mol. The molecule has 3 N–H and O–H groups in total. The molecule has 5 nitrogen and oxygen atoms in total. The van der Waals surface area contributed by atoms with Crippen molar-refractivity contribution in [2.45, 2.75) is 37.0 Å². The molecule has 0 saturated heterocycles. The number of methoxy groups -OCH3 is 1. The van der Waals surface area contributed by atoms with E-state index in [0.29, 0.717) is 23.8 Å². The SMILES string of the molecule is COCCS(=O)Cc1cccc(NC(=O)C2(N)CCCC2)c1. The highest BCUT2D eigenvalue weighted by molar-refractivity contribution is 7.84. The van der Waals surface area contributed by atoms with Gasteiger partial charge in [-0.25, -0.2) is 0 Å². The summed E-state index contributed by atoms with van der Waals surface area (Å²) in [4.78, 5) is 12.3. The van der Waals surface area contributed by atoms with Crippen molar-refractivity contribution in [3.63, 3.8) is 0 Å². The van der Waals surface area contributed by atoms with E-state index in [1.807, 2.05) is 24.3 Å². The van der Waals surface area contributed by atoms with Gasteiger partial charge in [0, 0.05) is 35.1 Å². The summed E-state index contributed by atoms with van der Waals surface area (Å²) in [5.41, 5.74) is 7.06. The molecule has 1 aromatic carbocycles. The number of nitrogens with two attached hydrogens (primary N) is 1. The first kappa shape index (κ1) is 17.1. The fourth-order valence-corrected chi connectivity index (χ4v) is 3.71. The Bertz CT molecular complexity index is 542. The molecule has 0 heterocycles. The van der Waals surface area contributed by atoms with Gasteiger partial charge in [0.1, 0.15) is 0 Å². The smallest absolute Gasteiger partial charge is 0.244 e. The Kier molecular flexibility index (Phi) is 6.11. The highest BCUT2D eigenvalue weighted by Crippen LogP contribution is 2.28. The molecule has 1 aromatic rings. The van der Waals surface area contributed by atoms with E-state index < -0.39 is 16.3 Å². The van der Waals surface area contributed by atoms with E-state index in [9.17, 15) is 9.00 Å². The highest BCUT2D eigenvalue weighted by atomic mass is 32.2. The monoisotopic (exact) mass is 324 g/mol. The van der Waals surface area contributed by atoms with Gasteiger partial charge in [-0.05, 0) is 30.5 Å². The third-order valence-corrected chi connectivity index (χ3v) is 5.25. The maximum atomic E-state index is 12.3. The first-order valence-corrected chi connectivity index (χ1v) is 9.05. The van der Waals surface area contributed by atoms with E-state index in [2.05, 4.69) is 5.32 Å². The number of rotatable bonds is 7. The average Bonchev–Trinajstić information content (AvgIpc) is 2.94. The predicted octanol–water partition coefficient (Wildman–Crippen LogP) is 1.79. The molecule has 1 atom stereocenters. The zero-order valence-corrected chi connectivity index (χ0v) is 13.8. The molecule has 0 bridgehead atoms. The minimum atomic E-state index is -0.965. The molecule has 1 aliphatic rings. The number of anilines is 1. The van der Waals surface area contributed by atoms with E-state index >= 15 is 0 Å². The Labute approximate surface area is 134 Å². The Hall–Kier alpha value is -1.24. The number of nitrogens with one attached hydrogen (secondary N) is 1. The molecule has 0 radical (unpaired) electrons. The van der Waals surface area contributed by atoms with Crippen LogP contribution in [0.15, 0.2) is 24.3 Å². The number of hydrogen-bond acceptors (Lipinski definition) is 4. The van der Waals surface area contributed by atoms with Crippen LogP contribution in [0.25, 0.3) is 0 Å². The molecule has 1 unspecified atom stereocenters. The van der Waals surface area contributed by atoms with Crippen LogP contribution in [0.3, 0.4) is 0 Å². The van der Waals surface area contributed by atoms with Crippen LogP contribution in [0.4, 0.5) is 5.69 Å². The van der Waals surface area contributed by atoms with Crippen molar-refractivity contribution in [3.05, 3.63) is 29.8 Å². The number of amides is 1. The predicted molar refractivity (Wildman–Crippen MR) is 89.0 cm³/mol. The van der Waals surface area contributed by atoms with E-state index in [1.165, 1.54) is 0 Å². The molecule has 1 aliphatic carbocycles. The lowest BCUT2D eigenvalue weighted by atomic mass is 9.98. The van der Waals surface area contributed by atoms with Crippen LogP contribution in [-0.4, -0.2) is 35.1 Å². The van der Waals surface area contributed by atoms with Gasteiger partial charge in [0.15, 0.2) is 0 Å². The molecule has 0 spiro atoms. The van der Waals surface area contributed by atoms with Gasteiger partial charge in [-0.15, -0.1) is 0 Å². The van der Waals surface area contributed by atoms with Gasteiger partial charge >= 0.3 is 0 Å². The molecular formula is C16H24N2O3S. The lowest BCUT2D eigenvalue weighted by Crippen LogP contribution is -2.48. The largest absolute Gasteiger partial charge is 0.384 e. The summed E-state index contributed by atoms with van der Waals surface area (Å²) in [7, 11) is 0.632. The number of benzene rings is 1. The fraction of sp³-hybridized carbons (Fsp3) is 0.562. The minimum Gasteiger partial charge on any atom is -0.384 e. The van der Waals surface area contributed by atoms with Crippen LogP contribution in [0, 0.1) is 0 Å². The van der Waals surface area contributed by atoms with Crippen molar-refractivity contribution in [1.82, 2.24) is 0 Å². The van der Waals surface area contributed by atoms with Gasteiger partial charge in [-0.3, -0.25) is 9.00 Å². The van der Waals surface area contributed by atoms with Crippen molar-refractivity contribution in [1.29, 1.82) is 0 Å². The van der Waals surface area contributed by atoms with Gasteiger partial charge in [-0.2, -0.15) is 0 Å². The molecule has 122 valence electrons. The lowest BCUT2D eigenvalue weighted by molar-refractivity contribution is -0.121. The molecule has 1 amide bonds. The van der Waals surface area contributed by atoms with E-state index in [0.717, 1.165) is 31.2 Å². The standard InChI is InChI=1S/C16H24N2O3S/c1-21-9-10-22(20)12-13-5-4-6-14(11-13)18-15(19)16(17)7-2-3-8-16/h4-6,11H,2-3,7-10,12,17H2,1H3,(H,18,19). The van der Waals surface area contributed by atoms with Gasteiger partial charge < -0.3 is 15.8 Å². The lowest BCUT2D eigenvalue weighted by Gasteiger charge is -2.22. The zero-order valence-electron chi connectivity index (χ0n) is 13.0. The number of carbonyl (C=O) groups excluding carboxylic acids is 1. The summed E-state index contributed by atoms with van der Waals surface area (Å²) in [6.07, 6.45) is 3.48. The molecule has 1 fully saturated rings. The minimum absolute atomic E-state index is 0.123. The Morgan fingerprint density at radius 2 is 2.14 bits per heavy atom. The normalized spacial score (nSPS) is 18.1. The second kappa shape index (κ2) is 7.85. The quantitative estimate of drug-likeness (QED) is 0.801. The molecule has 1 saturated carbocycles. The van der Waals surface area contributed by atoms with Gasteiger partial charge in [0.25, 0.3) is 0 Å². The third kappa shape index (κ3) is 4.63. The third-order valence-electron chi connectivity index (χ3n) is 3.98. The van der Waals surface area contributed by atoms with Crippen LogP contribution < -0.4 is 11.1 Å². The number of carbonyl (C=O) groups is 1. The first-order valence-electron chi connectivity index (χ1n) is 7.57. The van der Waals surface area contributed by atoms with Crippen molar-refractivity contribution < 1.29 is 13.7 Å². The first-order chi connectivity index (χ1) is 10.5. The van der Waals surface area contributed by atoms with Crippen LogP contribution >= 0.6 is 0 Å². The second-order valence-corrected chi connectivity index (χ2v) is 7.38. The van der Waals surface area contributed by atoms with Gasteiger partial charge in [-0.1, -0.05) is 25.0 Å². The Morgan fingerprint density at radius 1 is 1.41 bits per heavy atom. The van der Waals surface area contributed by atoms with Crippen LogP contribution in [0.2, 0.25) is 0 Å². The number of hydrogen-bond donors (Lipinski definition) is 2. The van der Waals surface area contributed by atoms with Crippen LogP contribution in [0.5, 0.6) is 0 Å². The van der Waals surface area contributed by atoms with Crippen molar-refractivity contribution in [2.75, 3.05) is 24.8 Å². The summed E-state index contributed by atoms with van der Waals surface area (Å²) in [6.45, 7) is 0.485. The van der Waals surface area contributed by atoms with Crippen molar-refractivity contribution in [3.8, 4) is 0 Å². The summed E-state index contributed by atoms with van der Waals surface area (Å²) in [5.74, 6) is 0.850. The van der Waals surface area contributed by atoms with Gasteiger partial charge in [0.05, 0.1) is 12.1 Å². The zero-order chi connectivity index (χ0) is 16.0. The van der Waals surface area contributed by atoms with Crippen LogP contribution in [0.1, 0.15) is 31.2 Å². The molecule has 0 aromatic heterocycles. The van der Waals surface area contributed by atoms with E-state index in [-0.39, 0.29) is 5.91 Å². The highest BCUT2D eigenvalue weighted by Gasteiger charge is 2.36. The molecule has 0 aliphatic heterocycles. The topological polar surface area (TPSA) is 81.4 Å². The summed E-state index contributed by atoms with van der Waals surface area (Å²) < 4.78 is 16.8. The molecule has 22 heavy (non-hydrogen) atoms. The number of ether oxygens (including phenoxy) is 1. The maximum Gasteiger partial charge on any atom is 0.244 e. The fourth-order valence-electron chi connectivity index (χ4n) is 2.66. The Balaban J connectivity index is 1.96.